The normalized spacial score (nSPS) is 10.1. The van der Waals surface area contributed by atoms with Crippen molar-refractivity contribution in [2.45, 2.75) is 25.7 Å². The number of unbranched alkanes of at least 4 members (excludes halogenated alkanes) is 1. The third kappa shape index (κ3) is 7.35. The molecule has 0 unspecified atom stereocenters. The molecule has 1 aromatic rings. The highest BCUT2D eigenvalue weighted by Gasteiger charge is 2.02. The van der Waals surface area contributed by atoms with E-state index in [1.54, 1.807) is 0 Å². The molecule has 0 spiro atoms. The summed E-state index contributed by atoms with van der Waals surface area (Å²) in [5.41, 5.74) is 0. The molecule has 1 aromatic carbocycles. The lowest BCUT2D eigenvalue weighted by Gasteiger charge is -2.07. The van der Waals surface area contributed by atoms with Crippen molar-refractivity contribution in [3.05, 3.63) is 30.1 Å². The van der Waals surface area contributed by atoms with Gasteiger partial charge in [-0.3, -0.25) is 9.59 Å². The third-order valence-corrected chi connectivity index (χ3v) is 2.55. The number of carboxylic acids is 1. The number of rotatable bonds is 9. The van der Waals surface area contributed by atoms with Gasteiger partial charge >= 0.3 is 5.97 Å². The molecule has 0 saturated heterocycles. The molecule has 5 nitrogen and oxygen atoms in total. The first-order chi connectivity index (χ1) is 9.58. The Morgan fingerprint density at radius 3 is 2.45 bits per heavy atom. The van der Waals surface area contributed by atoms with Crippen LogP contribution in [0.4, 0.5) is 4.39 Å². The Hall–Kier alpha value is -2.11. The summed E-state index contributed by atoms with van der Waals surface area (Å²) in [5, 5.41) is 11.1. The molecule has 0 radical (unpaired) electrons. The highest BCUT2D eigenvalue weighted by atomic mass is 19.1. The van der Waals surface area contributed by atoms with Crippen molar-refractivity contribution >= 4 is 11.9 Å². The Kier molecular flexibility index (Phi) is 7.10. The molecule has 0 aliphatic rings. The Bertz CT molecular complexity index is 433. The zero-order valence-electron chi connectivity index (χ0n) is 11.1. The van der Waals surface area contributed by atoms with E-state index in [0.29, 0.717) is 38.2 Å². The van der Waals surface area contributed by atoms with Crippen LogP contribution in [0.5, 0.6) is 5.75 Å². The van der Waals surface area contributed by atoms with E-state index in [9.17, 15) is 14.0 Å². The molecule has 6 heteroatoms. The molecule has 0 bridgehead atoms. The monoisotopic (exact) mass is 283 g/mol. The lowest BCUT2D eigenvalue weighted by atomic mass is 10.2. The van der Waals surface area contributed by atoms with E-state index in [4.69, 9.17) is 9.84 Å². The van der Waals surface area contributed by atoms with Crippen molar-refractivity contribution in [3.8, 4) is 5.75 Å². The van der Waals surface area contributed by atoms with Gasteiger partial charge in [-0.2, -0.15) is 0 Å². The lowest BCUT2D eigenvalue weighted by molar-refractivity contribution is -0.137. The van der Waals surface area contributed by atoms with Crippen LogP contribution in [0.2, 0.25) is 0 Å². The number of amides is 1. The second-order valence-electron chi connectivity index (χ2n) is 4.25. The number of halogens is 1. The first kappa shape index (κ1) is 15.9. The highest BCUT2D eigenvalue weighted by molar-refractivity contribution is 5.75. The van der Waals surface area contributed by atoms with E-state index >= 15 is 0 Å². The fourth-order valence-electron chi connectivity index (χ4n) is 1.54. The number of carbonyl (C=O) groups is 2. The fourth-order valence-corrected chi connectivity index (χ4v) is 1.54. The zero-order valence-corrected chi connectivity index (χ0v) is 11.1. The zero-order chi connectivity index (χ0) is 14.8. The first-order valence-corrected chi connectivity index (χ1v) is 6.45. The van der Waals surface area contributed by atoms with Gasteiger partial charge in [-0.1, -0.05) is 0 Å². The third-order valence-electron chi connectivity index (χ3n) is 2.55. The predicted molar refractivity (Wildman–Crippen MR) is 71.0 cm³/mol. The summed E-state index contributed by atoms with van der Waals surface area (Å²) in [7, 11) is 0. The van der Waals surface area contributed by atoms with Crippen molar-refractivity contribution in [1.82, 2.24) is 5.32 Å². The van der Waals surface area contributed by atoms with Crippen molar-refractivity contribution in [3.63, 3.8) is 0 Å². The molecule has 1 amide bonds. The van der Waals surface area contributed by atoms with Gasteiger partial charge in [0.1, 0.15) is 18.2 Å². The van der Waals surface area contributed by atoms with E-state index in [0.717, 1.165) is 0 Å². The number of ether oxygens (including phenoxy) is 1. The van der Waals surface area contributed by atoms with Crippen LogP contribution < -0.4 is 10.1 Å². The molecule has 0 aliphatic carbocycles. The predicted octanol–water partition coefficient (Wildman–Crippen LogP) is 1.97. The van der Waals surface area contributed by atoms with Gasteiger partial charge in [0, 0.05) is 12.8 Å². The molecular weight excluding hydrogens is 265 g/mol. The second kappa shape index (κ2) is 8.90. The molecule has 0 heterocycles. The number of hydrogen-bond acceptors (Lipinski definition) is 3. The molecule has 0 aliphatic heterocycles. The Morgan fingerprint density at radius 2 is 1.80 bits per heavy atom. The smallest absolute Gasteiger partial charge is 0.303 e. The Balaban J connectivity index is 2.04. The molecule has 0 atom stereocenters. The Labute approximate surface area is 116 Å². The van der Waals surface area contributed by atoms with Crippen LogP contribution in [-0.4, -0.2) is 30.1 Å². The number of carbonyl (C=O) groups excluding carboxylic acids is 1. The molecule has 1 rings (SSSR count). The number of nitrogens with one attached hydrogen (secondary N) is 1. The van der Waals surface area contributed by atoms with Crippen molar-refractivity contribution in [1.29, 1.82) is 0 Å². The minimum Gasteiger partial charge on any atom is -0.492 e. The summed E-state index contributed by atoms with van der Waals surface area (Å²) < 4.78 is 17.9. The van der Waals surface area contributed by atoms with Gasteiger partial charge in [0.05, 0.1) is 6.54 Å². The largest absolute Gasteiger partial charge is 0.492 e. The Morgan fingerprint density at radius 1 is 1.15 bits per heavy atom. The summed E-state index contributed by atoms with van der Waals surface area (Å²) in [5.74, 6) is -0.759. The summed E-state index contributed by atoms with van der Waals surface area (Å²) in [6.07, 6.45) is 1.44. The van der Waals surface area contributed by atoms with Crippen LogP contribution in [-0.2, 0) is 9.59 Å². The fraction of sp³-hybridized carbons (Fsp3) is 0.429. The average Bonchev–Trinajstić information content (AvgIpc) is 2.41. The van der Waals surface area contributed by atoms with E-state index in [-0.39, 0.29) is 18.1 Å². The number of benzene rings is 1. The van der Waals surface area contributed by atoms with E-state index in [2.05, 4.69) is 5.32 Å². The maximum atomic E-state index is 12.6. The molecular formula is C14H18FNO4. The van der Waals surface area contributed by atoms with Gasteiger partial charge in [0.25, 0.3) is 0 Å². The minimum atomic E-state index is -0.849. The van der Waals surface area contributed by atoms with Crippen molar-refractivity contribution in [2.24, 2.45) is 0 Å². The summed E-state index contributed by atoms with van der Waals surface area (Å²) in [6, 6.07) is 5.64. The van der Waals surface area contributed by atoms with Crippen LogP contribution in [0.25, 0.3) is 0 Å². The molecule has 0 saturated carbocycles. The van der Waals surface area contributed by atoms with Gasteiger partial charge in [-0.15, -0.1) is 0 Å². The van der Waals surface area contributed by atoms with Gasteiger partial charge in [-0.05, 0) is 37.1 Å². The number of aliphatic carboxylic acids is 1. The molecule has 0 fully saturated rings. The molecule has 2 N–H and O–H groups in total. The van der Waals surface area contributed by atoms with Crippen molar-refractivity contribution in [2.75, 3.05) is 13.2 Å². The van der Waals surface area contributed by atoms with Crippen LogP contribution in [0.15, 0.2) is 24.3 Å². The summed E-state index contributed by atoms with van der Waals surface area (Å²) in [6.45, 7) is 0.654. The molecule has 20 heavy (non-hydrogen) atoms. The maximum absolute atomic E-state index is 12.6. The van der Waals surface area contributed by atoms with Crippen LogP contribution in [0.3, 0.4) is 0 Å². The van der Waals surface area contributed by atoms with Gasteiger partial charge in [0.2, 0.25) is 5.91 Å². The van der Waals surface area contributed by atoms with E-state index in [1.165, 1.54) is 24.3 Å². The highest BCUT2D eigenvalue weighted by Crippen LogP contribution is 2.10. The maximum Gasteiger partial charge on any atom is 0.303 e. The average molecular weight is 283 g/mol. The van der Waals surface area contributed by atoms with Crippen LogP contribution in [0.1, 0.15) is 25.7 Å². The minimum absolute atomic E-state index is 0.0843. The lowest BCUT2D eigenvalue weighted by Crippen LogP contribution is -2.27. The van der Waals surface area contributed by atoms with Crippen LogP contribution in [0, 0.1) is 5.82 Å². The quantitative estimate of drug-likeness (QED) is 0.679. The van der Waals surface area contributed by atoms with Gasteiger partial charge in [-0.25, -0.2) is 4.39 Å². The van der Waals surface area contributed by atoms with E-state index in [1.807, 2.05) is 0 Å². The first-order valence-electron chi connectivity index (χ1n) is 6.45. The topological polar surface area (TPSA) is 75.6 Å². The van der Waals surface area contributed by atoms with Crippen molar-refractivity contribution < 1.29 is 23.8 Å². The number of hydrogen-bond donors (Lipinski definition) is 2. The SMILES string of the molecule is O=C(O)CCCCC(=O)NCCOc1ccc(F)cc1. The summed E-state index contributed by atoms with van der Waals surface area (Å²) >= 11 is 0. The standard InChI is InChI=1S/C14H18FNO4/c15-11-5-7-12(8-6-11)20-10-9-16-13(17)3-1-2-4-14(18)19/h5-8H,1-4,9-10H2,(H,16,17)(H,18,19). The van der Waals surface area contributed by atoms with E-state index < -0.39 is 5.97 Å². The number of carboxylic acid groups (broad SMARTS) is 1. The van der Waals surface area contributed by atoms with Gasteiger partial charge < -0.3 is 15.2 Å². The molecule has 0 aromatic heterocycles. The van der Waals surface area contributed by atoms with Crippen LogP contribution >= 0.6 is 0 Å². The second-order valence-corrected chi connectivity index (χ2v) is 4.25. The summed E-state index contributed by atoms with van der Waals surface area (Å²) in [4.78, 5) is 21.7. The molecule has 110 valence electrons. The van der Waals surface area contributed by atoms with Gasteiger partial charge in [0.15, 0.2) is 0 Å².